The van der Waals surface area contributed by atoms with Gasteiger partial charge >= 0.3 is 23.1 Å². The van der Waals surface area contributed by atoms with Crippen LogP contribution in [0.4, 0.5) is 0 Å². The van der Waals surface area contributed by atoms with Crippen LogP contribution in [0.3, 0.4) is 0 Å². The third-order valence-electron chi connectivity index (χ3n) is 0.825. The van der Waals surface area contributed by atoms with Gasteiger partial charge in [0.2, 0.25) is 0 Å². The lowest BCUT2D eigenvalue weighted by atomic mass is 10.3. The number of halogens is 1. The molecule has 0 aliphatic carbocycles. The van der Waals surface area contributed by atoms with E-state index in [-0.39, 0.29) is 23.1 Å². The van der Waals surface area contributed by atoms with Gasteiger partial charge in [0.25, 0.3) is 0 Å². The SMILES string of the molecule is CCCCCOCl.[MgH2]. The van der Waals surface area contributed by atoms with Crippen LogP contribution in [0.25, 0.3) is 0 Å². The van der Waals surface area contributed by atoms with Crippen LogP contribution in [0.5, 0.6) is 0 Å². The minimum absolute atomic E-state index is 0. The lowest BCUT2D eigenvalue weighted by molar-refractivity contribution is 0.337. The van der Waals surface area contributed by atoms with E-state index in [1.165, 1.54) is 12.8 Å². The maximum absolute atomic E-state index is 4.94. The van der Waals surface area contributed by atoms with Crippen LogP contribution in [-0.2, 0) is 4.29 Å². The third-order valence-corrected chi connectivity index (χ3v) is 0.979. The Morgan fingerprint density at radius 1 is 1.38 bits per heavy atom. The fourth-order valence-electron chi connectivity index (χ4n) is 0.407. The van der Waals surface area contributed by atoms with Crippen LogP contribution in [-0.4, -0.2) is 29.7 Å². The summed E-state index contributed by atoms with van der Waals surface area (Å²) in [5.74, 6) is 0. The molecule has 1 nitrogen and oxygen atoms in total. The van der Waals surface area contributed by atoms with Crippen LogP contribution >= 0.6 is 11.9 Å². The van der Waals surface area contributed by atoms with Crippen molar-refractivity contribution in [2.45, 2.75) is 26.2 Å². The summed E-state index contributed by atoms with van der Waals surface area (Å²) in [5, 5.41) is 0. The molecule has 0 bridgehead atoms. The molecule has 0 amide bonds. The quantitative estimate of drug-likeness (QED) is 0.433. The van der Waals surface area contributed by atoms with E-state index in [1.807, 2.05) is 0 Å². The van der Waals surface area contributed by atoms with E-state index in [4.69, 9.17) is 11.9 Å². The molecule has 0 fully saturated rings. The monoisotopic (exact) mass is 148 g/mol. The summed E-state index contributed by atoms with van der Waals surface area (Å²) >= 11 is 4.94. The molecule has 48 valence electrons. The van der Waals surface area contributed by atoms with Crippen LogP contribution in [0, 0.1) is 0 Å². The highest BCUT2D eigenvalue weighted by Crippen LogP contribution is 1.94. The van der Waals surface area contributed by atoms with E-state index in [0.29, 0.717) is 6.61 Å². The maximum atomic E-state index is 4.94. The minimum atomic E-state index is 0. The molecule has 0 rings (SSSR count). The van der Waals surface area contributed by atoms with Crippen molar-refractivity contribution < 1.29 is 4.29 Å². The first kappa shape index (κ1) is 11.8. The normalized spacial score (nSPS) is 8.25. The molecule has 8 heavy (non-hydrogen) atoms. The van der Waals surface area contributed by atoms with Crippen molar-refractivity contribution in [3.05, 3.63) is 0 Å². The van der Waals surface area contributed by atoms with Crippen molar-refractivity contribution in [1.29, 1.82) is 0 Å². The van der Waals surface area contributed by atoms with Crippen LogP contribution in [0.1, 0.15) is 26.2 Å². The molecule has 0 saturated carbocycles. The molecule has 3 heteroatoms. The van der Waals surface area contributed by atoms with Crippen LogP contribution < -0.4 is 0 Å². The molecule has 0 radical (unpaired) electrons. The molecular weight excluding hydrogens is 136 g/mol. The molecule has 0 spiro atoms. The van der Waals surface area contributed by atoms with Gasteiger partial charge in [-0.05, 0) is 6.42 Å². The van der Waals surface area contributed by atoms with Gasteiger partial charge in [0.15, 0.2) is 0 Å². The smallest absolute Gasteiger partial charge is 0.279 e. The molecule has 0 heterocycles. The van der Waals surface area contributed by atoms with Gasteiger partial charge in [-0.2, -0.15) is 0 Å². The van der Waals surface area contributed by atoms with Crippen LogP contribution in [0.15, 0.2) is 0 Å². The Labute approximate surface area is 72.1 Å². The van der Waals surface area contributed by atoms with Crippen LogP contribution in [0.2, 0.25) is 0 Å². The number of hydrogen-bond donors (Lipinski definition) is 0. The van der Waals surface area contributed by atoms with Gasteiger partial charge in [-0.1, -0.05) is 19.8 Å². The van der Waals surface area contributed by atoms with Gasteiger partial charge in [0, 0.05) is 0 Å². The van der Waals surface area contributed by atoms with Crippen molar-refractivity contribution in [1.82, 2.24) is 0 Å². The van der Waals surface area contributed by atoms with Gasteiger partial charge in [0.1, 0.15) is 0 Å². The highest BCUT2D eigenvalue weighted by atomic mass is 35.5. The molecule has 0 aliphatic heterocycles. The molecule has 0 N–H and O–H groups in total. The lowest BCUT2D eigenvalue weighted by Crippen LogP contribution is -1.81. The van der Waals surface area contributed by atoms with E-state index >= 15 is 0 Å². The van der Waals surface area contributed by atoms with E-state index in [9.17, 15) is 0 Å². The predicted molar refractivity (Wildman–Crippen MR) is 39.9 cm³/mol. The first-order chi connectivity index (χ1) is 3.41. The average molecular weight is 149 g/mol. The largest absolute Gasteiger partial charge is 0.316 e. The summed E-state index contributed by atoms with van der Waals surface area (Å²) in [6, 6.07) is 0. The van der Waals surface area contributed by atoms with Crippen molar-refractivity contribution in [3.63, 3.8) is 0 Å². The minimum Gasteiger partial charge on any atom is -0.279 e. The predicted octanol–water partition coefficient (Wildman–Crippen LogP) is 1.43. The third kappa shape index (κ3) is 10.1. The van der Waals surface area contributed by atoms with Gasteiger partial charge in [0.05, 0.1) is 18.5 Å². The molecule has 0 unspecified atom stereocenters. The molecule has 0 aliphatic rings. The molecule has 0 aromatic carbocycles. The molecule has 0 aromatic rings. The van der Waals surface area contributed by atoms with Gasteiger partial charge in [-0.15, -0.1) is 0 Å². The zero-order valence-electron chi connectivity index (χ0n) is 4.61. The second-order valence-electron chi connectivity index (χ2n) is 1.52. The first-order valence-corrected chi connectivity index (χ1v) is 2.96. The van der Waals surface area contributed by atoms with Crippen molar-refractivity contribution in [2.24, 2.45) is 0 Å². The summed E-state index contributed by atoms with van der Waals surface area (Å²) in [6.45, 7) is 2.84. The summed E-state index contributed by atoms with van der Waals surface area (Å²) in [5.41, 5.74) is 0. The molecule has 0 atom stereocenters. The van der Waals surface area contributed by atoms with Gasteiger partial charge < -0.3 is 0 Å². The maximum Gasteiger partial charge on any atom is 0.316 e. The van der Waals surface area contributed by atoms with E-state index in [1.54, 1.807) is 0 Å². The Bertz CT molecular complexity index is 31.6. The second kappa shape index (κ2) is 10.9. The second-order valence-corrected chi connectivity index (χ2v) is 1.74. The Hall–Kier alpha value is 1.02. The standard InChI is InChI=1S/C5H11ClO.Mg.2H/c1-2-3-4-5-7-6;;;/h2-5H2,1H3;;;. The Morgan fingerprint density at radius 3 is 2.38 bits per heavy atom. The molecule has 0 saturated heterocycles. The highest BCUT2D eigenvalue weighted by Gasteiger charge is 1.81. The summed E-state index contributed by atoms with van der Waals surface area (Å²) in [6.07, 6.45) is 3.52. The van der Waals surface area contributed by atoms with E-state index < -0.39 is 0 Å². The Kier molecular flexibility index (Phi) is 16.0. The van der Waals surface area contributed by atoms with Crippen molar-refractivity contribution in [2.75, 3.05) is 6.61 Å². The fraction of sp³-hybridized carbons (Fsp3) is 1.00. The number of hydrogen-bond acceptors (Lipinski definition) is 1. The average Bonchev–Trinajstić information content (AvgIpc) is 1.69. The van der Waals surface area contributed by atoms with Crippen molar-refractivity contribution in [3.8, 4) is 0 Å². The number of unbranched alkanes of at least 4 members (excludes halogenated alkanes) is 2. The molecular formula is C5H13ClMgO. The summed E-state index contributed by atoms with van der Waals surface area (Å²) < 4.78 is 4.32. The van der Waals surface area contributed by atoms with E-state index in [2.05, 4.69) is 11.2 Å². The van der Waals surface area contributed by atoms with Gasteiger partial charge in [-0.3, -0.25) is 4.29 Å². The summed E-state index contributed by atoms with van der Waals surface area (Å²) in [4.78, 5) is 0. The topological polar surface area (TPSA) is 9.23 Å². The lowest BCUT2D eigenvalue weighted by Gasteiger charge is -1.90. The van der Waals surface area contributed by atoms with Gasteiger partial charge in [-0.25, -0.2) is 0 Å². The summed E-state index contributed by atoms with van der Waals surface area (Å²) in [7, 11) is 0. The van der Waals surface area contributed by atoms with E-state index in [0.717, 1.165) is 6.42 Å². The first-order valence-electron chi connectivity index (χ1n) is 2.65. The fourth-order valence-corrected chi connectivity index (χ4v) is 0.516. The zero-order chi connectivity index (χ0) is 5.54. The zero-order valence-corrected chi connectivity index (χ0v) is 5.37. The Morgan fingerprint density at radius 2 is 2.00 bits per heavy atom. The number of rotatable bonds is 4. The molecule has 0 aromatic heterocycles. The highest BCUT2D eigenvalue weighted by molar-refractivity contribution is 6.07. The van der Waals surface area contributed by atoms with Crippen molar-refractivity contribution >= 4 is 34.9 Å². The Balaban J connectivity index is 0.